The molecule has 1 heterocycles. The molecule has 2 aromatic carbocycles. The number of aromatic nitrogens is 2. The van der Waals surface area contributed by atoms with Crippen LogP contribution < -0.4 is 0 Å². The second-order valence-electron chi connectivity index (χ2n) is 6.16. The molecule has 0 aliphatic heterocycles. The van der Waals surface area contributed by atoms with E-state index in [1.165, 1.54) is 28.6 Å². The molecule has 4 rings (SSSR count). The van der Waals surface area contributed by atoms with Gasteiger partial charge in [0.2, 0.25) is 0 Å². The third-order valence-electron chi connectivity index (χ3n) is 4.51. The Hall–Kier alpha value is -2.19. The lowest BCUT2D eigenvalue weighted by Gasteiger charge is -2.21. The molecule has 0 atom stereocenters. The molecule has 0 amide bonds. The van der Waals surface area contributed by atoms with E-state index in [0.717, 1.165) is 11.3 Å². The molecule has 0 bridgehead atoms. The van der Waals surface area contributed by atoms with Crippen LogP contribution in [0, 0.1) is 0 Å². The van der Waals surface area contributed by atoms with Gasteiger partial charge in [-0.25, -0.2) is 9.97 Å². The highest BCUT2D eigenvalue weighted by Crippen LogP contribution is 2.49. The Labute approximate surface area is 134 Å². The van der Waals surface area contributed by atoms with Crippen molar-refractivity contribution in [2.45, 2.75) is 19.3 Å². The molecule has 0 spiro atoms. The first-order valence-corrected chi connectivity index (χ1v) is 7.67. The van der Waals surface area contributed by atoms with Crippen molar-refractivity contribution in [1.29, 1.82) is 0 Å². The second-order valence-corrected chi connectivity index (χ2v) is 6.54. The Kier molecular flexibility index (Phi) is 2.85. The highest BCUT2D eigenvalue weighted by atomic mass is 35.5. The van der Waals surface area contributed by atoms with Crippen LogP contribution in [0.2, 0.25) is 5.15 Å². The van der Waals surface area contributed by atoms with Gasteiger partial charge < -0.3 is 0 Å². The van der Waals surface area contributed by atoms with E-state index in [-0.39, 0.29) is 5.41 Å². The van der Waals surface area contributed by atoms with Crippen molar-refractivity contribution in [3.63, 3.8) is 0 Å². The maximum absolute atomic E-state index is 5.99. The zero-order valence-electron chi connectivity index (χ0n) is 12.5. The van der Waals surface area contributed by atoms with Crippen molar-refractivity contribution in [2.24, 2.45) is 0 Å². The molecular formula is C19H15ClN2. The molecule has 0 saturated heterocycles. The Morgan fingerprint density at radius 1 is 0.864 bits per heavy atom. The van der Waals surface area contributed by atoms with Crippen molar-refractivity contribution in [3.8, 4) is 22.4 Å². The predicted molar refractivity (Wildman–Crippen MR) is 90.0 cm³/mol. The zero-order chi connectivity index (χ0) is 15.3. The summed E-state index contributed by atoms with van der Waals surface area (Å²) in [6.07, 6.45) is 1.50. The summed E-state index contributed by atoms with van der Waals surface area (Å²) in [5, 5.41) is 0.466. The van der Waals surface area contributed by atoms with Crippen LogP contribution in [0.3, 0.4) is 0 Å². The molecule has 1 aromatic heterocycles. The summed E-state index contributed by atoms with van der Waals surface area (Å²) in [6, 6.07) is 17.0. The van der Waals surface area contributed by atoms with Gasteiger partial charge in [-0.3, -0.25) is 0 Å². The summed E-state index contributed by atoms with van der Waals surface area (Å²) in [7, 11) is 0. The van der Waals surface area contributed by atoms with E-state index in [4.69, 9.17) is 11.6 Å². The van der Waals surface area contributed by atoms with E-state index in [9.17, 15) is 0 Å². The van der Waals surface area contributed by atoms with Gasteiger partial charge in [0.1, 0.15) is 11.5 Å². The van der Waals surface area contributed by atoms with Gasteiger partial charge in [-0.15, -0.1) is 0 Å². The number of nitrogens with zero attached hydrogens (tertiary/aromatic N) is 2. The fourth-order valence-electron chi connectivity index (χ4n) is 3.36. The van der Waals surface area contributed by atoms with Crippen LogP contribution in [0.15, 0.2) is 54.9 Å². The summed E-state index contributed by atoms with van der Waals surface area (Å²) in [4.78, 5) is 8.29. The van der Waals surface area contributed by atoms with Gasteiger partial charge in [0.05, 0.1) is 5.69 Å². The molecular weight excluding hydrogens is 292 g/mol. The van der Waals surface area contributed by atoms with Gasteiger partial charge in [0.25, 0.3) is 0 Å². The van der Waals surface area contributed by atoms with Crippen molar-refractivity contribution >= 4 is 11.6 Å². The molecule has 2 nitrogen and oxygen atoms in total. The minimum Gasteiger partial charge on any atom is -0.236 e. The second kappa shape index (κ2) is 4.65. The molecule has 0 radical (unpaired) electrons. The third kappa shape index (κ3) is 1.87. The summed E-state index contributed by atoms with van der Waals surface area (Å²) < 4.78 is 0. The van der Waals surface area contributed by atoms with Gasteiger partial charge in [-0.2, -0.15) is 0 Å². The lowest BCUT2D eigenvalue weighted by molar-refractivity contribution is 0.660. The molecule has 0 fully saturated rings. The summed E-state index contributed by atoms with van der Waals surface area (Å²) in [5.41, 5.74) is 7.28. The Morgan fingerprint density at radius 2 is 1.64 bits per heavy atom. The number of halogens is 1. The highest BCUT2D eigenvalue weighted by Gasteiger charge is 2.35. The quantitative estimate of drug-likeness (QED) is 0.584. The van der Waals surface area contributed by atoms with E-state index in [0.29, 0.717) is 5.15 Å². The van der Waals surface area contributed by atoms with Crippen LogP contribution in [0.4, 0.5) is 0 Å². The largest absolute Gasteiger partial charge is 0.236 e. The van der Waals surface area contributed by atoms with Crippen LogP contribution in [-0.4, -0.2) is 9.97 Å². The normalized spacial score (nSPS) is 14.5. The Morgan fingerprint density at radius 3 is 2.45 bits per heavy atom. The number of benzene rings is 2. The van der Waals surface area contributed by atoms with Gasteiger partial charge in [-0.05, 0) is 28.3 Å². The highest BCUT2D eigenvalue weighted by molar-refractivity contribution is 6.29. The first kappa shape index (κ1) is 13.5. The Balaban J connectivity index is 1.92. The topological polar surface area (TPSA) is 25.8 Å². The maximum atomic E-state index is 5.99. The minimum absolute atomic E-state index is 0.00123. The van der Waals surface area contributed by atoms with Gasteiger partial charge in [0.15, 0.2) is 0 Å². The number of hydrogen-bond acceptors (Lipinski definition) is 2. The van der Waals surface area contributed by atoms with Crippen LogP contribution >= 0.6 is 11.6 Å². The lowest BCUT2D eigenvalue weighted by atomic mass is 9.82. The van der Waals surface area contributed by atoms with E-state index >= 15 is 0 Å². The van der Waals surface area contributed by atoms with E-state index < -0.39 is 0 Å². The zero-order valence-corrected chi connectivity index (χ0v) is 13.2. The fraction of sp³-hybridized carbons (Fsp3) is 0.158. The van der Waals surface area contributed by atoms with Crippen LogP contribution in [-0.2, 0) is 5.41 Å². The summed E-state index contributed by atoms with van der Waals surface area (Å²) >= 11 is 5.99. The lowest BCUT2D eigenvalue weighted by Crippen LogP contribution is -2.14. The van der Waals surface area contributed by atoms with Crippen molar-refractivity contribution in [1.82, 2.24) is 9.97 Å². The third-order valence-corrected chi connectivity index (χ3v) is 4.72. The molecule has 0 N–H and O–H groups in total. The SMILES string of the molecule is CC1(C)c2ccccc2-c2ccc(-c3cc(Cl)ncn3)cc21. The molecule has 3 aromatic rings. The smallest absolute Gasteiger partial charge is 0.133 e. The number of rotatable bonds is 1. The van der Waals surface area contributed by atoms with Crippen molar-refractivity contribution in [3.05, 3.63) is 71.1 Å². The van der Waals surface area contributed by atoms with Gasteiger partial charge >= 0.3 is 0 Å². The average Bonchev–Trinajstić information content (AvgIpc) is 2.76. The van der Waals surface area contributed by atoms with E-state index in [1.807, 2.05) is 0 Å². The average molecular weight is 307 g/mol. The van der Waals surface area contributed by atoms with E-state index in [2.05, 4.69) is 66.3 Å². The van der Waals surface area contributed by atoms with E-state index in [1.54, 1.807) is 6.07 Å². The molecule has 1 aliphatic carbocycles. The molecule has 108 valence electrons. The van der Waals surface area contributed by atoms with Crippen LogP contribution in [0.5, 0.6) is 0 Å². The number of hydrogen-bond donors (Lipinski definition) is 0. The molecule has 1 aliphatic rings. The van der Waals surface area contributed by atoms with Crippen LogP contribution in [0.1, 0.15) is 25.0 Å². The standard InChI is InChI=1S/C19H15ClN2/c1-19(2)15-6-4-3-5-13(15)14-8-7-12(9-16(14)19)17-10-18(20)22-11-21-17/h3-11H,1-2H3. The monoisotopic (exact) mass is 306 g/mol. The first-order valence-electron chi connectivity index (χ1n) is 7.30. The minimum atomic E-state index is -0.00123. The summed E-state index contributed by atoms with van der Waals surface area (Å²) in [5.74, 6) is 0. The molecule has 0 unspecified atom stereocenters. The molecule has 0 saturated carbocycles. The molecule has 22 heavy (non-hydrogen) atoms. The summed E-state index contributed by atoms with van der Waals surface area (Å²) in [6.45, 7) is 4.54. The van der Waals surface area contributed by atoms with Crippen LogP contribution in [0.25, 0.3) is 22.4 Å². The first-order chi connectivity index (χ1) is 10.6. The number of fused-ring (bicyclic) bond motifs is 3. The van der Waals surface area contributed by atoms with Crippen molar-refractivity contribution in [2.75, 3.05) is 0 Å². The predicted octanol–water partition coefficient (Wildman–Crippen LogP) is 5.10. The maximum Gasteiger partial charge on any atom is 0.133 e. The van der Waals surface area contributed by atoms with Gasteiger partial charge in [0, 0.05) is 17.0 Å². The van der Waals surface area contributed by atoms with Gasteiger partial charge in [-0.1, -0.05) is 61.8 Å². The fourth-order valence-corrected chi connectivity index (χ4v) is 3.50. The molecule has 3 heteroatoms. The van der Waals surface area contributed by atoms with Crippen molar-refractivity contribution < 1.29 is 0 Å². The Bertz CT molecular complexity index is 884.